The van der Waals surface area contributed by atoms with Crippen molar-refractivity contribution in [1.29, 1.82) is 0 Å². The highest BCUT2D eigenvalue weighted by molar-refractivity contribution is 6.39. The first-order valence-electron chi connectivity index (χ1n) is 27.0. The standard InChI is InChI=1S/C57H86N2O13/c1-33-26-37(5)52(62)40(8)53(63)38(6)27-34(2)48(61)32-50(35(3)28-41-20-24-47(60)51(30-41)69-10)70-56(66)46-18-14-15-25-58(46)55(65)54(64)57(67)39(7)19-21-43(71-57)31-49(68-9)36(4)29-44-22-23-45(33)59(72-44)42-16-12-11-13-17-42/h11-13,16-17,27,29,33-35,37,39-41,43-47,49-51,53,60,63,67H,14-15,18-26,28,30-32H2,1-10H3/b36-29+,38-27+. The molecule has 17 unspecified atom stereocenters. The number of piperidine rings is 1. The molecule has 0 aromatic heterocycles. The van der Waals surface area contributed by atoms with Crippen LogP contribution in [0.3, 0.4) is 0 Å². The topological polar surface area (TPSA) is 199 Å². The number of anilines is 1. The number of benzene rings is 1. The lowest BCUT2D eigenvalue weighted by Gasteiger charge is -2.43. The van der Waals surface area contributed by atoms with Crippen molar-refractivity contribution in [3.8, 4) is 0 Å². The van der Waals surface area contributed by atoms with Gasteiger partial charge in [0.15, 0.2) is 0 Å². The summed E-state index contributed by atoms with van der Waals surface area (Å²) in [6.07, 6.45) is 6.18. The minimum absolute atomic E-state index is 0.0204. The average molecular weight is 1010 g/mol. The Morgan fingerprint density at radius 3 is 2.24 bits per heavy atom. The van der Waals surface area contributed by atoms with Crippen LogP contribution in [0.4, 0.5) is 5.69 Å². The summed E-state index contributed by atoms with van der Waals surface area (Å²) in [5.74, 6) is -8.43. The molecular weight excluding hydrogens is 921 g/mol. The maximum Gasteiger partial charge on any atom is 0.329 e. The van der Waals surface area contributed by atoms with Crippen LogP contribution in [0.25, 0.3) is 0 Å². The van der Waals surface area contributed by atoms with Crippen LogP contribution in [-0.2, 0) is 47.8 Å². The number of Topliss-reactive ketones (excluding diaryl/α,β-unsaturated/α-hetero) is 3. The fourth-order valence-corrected chi connectivity index (χ4v) is 12.2. The van der Waals surface area contributed by atoms with Gasteiger partial charge in [-0.3, -0.25) is 29.1 Å². The van der Waals surface area contributed by atoms with E-state index in [-0.39, 0.29) is 72.9 Å². The minimum atomic E-state index is -2.45. The van der Waals surface area contributed by atoms with Gasteiger partial charge in [0.1, 0.15) is 29.8 Å². The van der Waals surface area contributed by atoms with Crippen LogP contribution < -0.4 is 5.06 Å². The largest absolute Gasteiger partial charge is 0.460 e. The SMILES string of the molecule is COC1CC2CCC(C)C(O)(O2)C(=O)C(=O)N2CCCCC2C(=O)OC(C(C)CC2CCC(O)C(OC)C2)CC(=O)C(C)/C=C(\C)C(O)C(C)C(=O)C(C)CC(C)C2CCC(/C=C/1C)ON2c1ccccc1. The van der Waals surface area contributed by atoms with Crippen molar-refractivity contribution < 1.29 is 63.1 Å². The van der Waals surface area contributed by atoms with Gasteiger partial charge >= 0.3 is 5.97 Å². The number of amides is 1. The molecule has 3 saturated heterocycles. The second kappa shape index (κ2) is 25.6. The number of rotatable bonds is 6. The van der Waals surface area contributed by atoms with E-state index in [0.29, 0.717) is 69.8 Å². The molecule has 1 aromatic carbocycles. The molecule has 4 fully saturated rings. The van der Waals surface area contributed by atoms with E-state index < -0.39 is 77.8 Å². The monoisotopic (exact) mass is 1010 g/mol. The van der Waals surface area contributed by atoms with Crippen molar-refractivity contribution in [1.82, 2.24) is 4.90 Å². The Morgan fingerprint density at radius 2 is 1.54 bits per heavy atom. The van der Waals surface area contributed by atoms with Gasteiger partial charge in [0.05, 0.1) is 42.2 Å². The molecule has 1 aliphatic carbocycles. The van der Waals surface area contributed by atoms with Crippen molar-refractivity contribution in [2.45, 2.75) is 206 Å². The van der Waals surface area contributed by atoms with E-state index >= 15 is 0 Å². The van der Waals surface area contributed by atoms with Crippen molar-refractivity contribution in [3.63, 3.8) is 0 Å². The van der Waals surface area contributed by atoms with Gasteiger partial charge in [-0.1, -0.05) is 71.9 Å². The zero-order valence-electron chi connectivity index (χ0n) is 44.7. The van der Waals surface area contributed by atoms with Crippen molar-refractivity contribution >= 4 is 34.9 Å². The summed E-state index contributed by atoms with van der Waals surface area (Å²) in [4.78, 5) is 79.7. The van der Waals surface area contributed by atoms with Crippen molar-refractivity contribution in [3.05, 3.63) is 53.6 Å². The molecule has 5 heterocycles. The van der Waals surface area contributed by atoms with Crippen molar-refractivity contribution in [2.75, 3.05) is 25.8 Å². The number of nitrogens with zero attached hydrogens (tertiary/aromatic N) is 2. The zero-order chi connectivity index (χ0) is 52.6. The number of hydrogen-bond acceptors (Lipinski definition) is 14. The van der Waals surface area contributed by atoms with E-state index in [0.717, 1.165) is 24.1 Å². The van der Waals surface area contributed by atoms with Crippen LogP contribution in [0, 0.1) is 41.4 Å². The predicted octanol–water partition coefficient (Wildman–Crippen LogP) is 7.66. The van der Waals surface area contributed by atoms with Crippen molar-refractivity contribution in [2.24, 2.45) is 41.4 Å². The molecule has 0 radical (unpaired) electrons. The Balaban J connectivity index is 1.33. The number of aliphatic hydroxyl groups is 3. The van der Waals surface area contributed by atoms with Gasteiger partial charge in [-0.15, -0.1) is 0 Å². The van der Waals surface area contributed by atoms with Crippen LogP contribution in [0.1, 0.15) is 145 Å². The number of hydroxylamine groups is 1. The second-order valence-corrected chi connectivity index (χ2v) is 22.4. The lowest BCUT2D eigenvalue weighted by molar-refractivity contribution is -0.265. The average Bonchev–Trinajstić information content (AvgIpc) is 3.37. The highest BCUT2D eigenvalue weighted by atomic mass is 16.7. The van der Waals surface area contributed by atoms with Gasteiger partial charge in [0.2, 0.25) is 5.79 Å². The number of ether oxygens (including phenoxy) is 4. The summed E-state index contributed by atoms with van der Waals surface area (Å²) in [7, 11) is 3.18. The third-order valence-electron chi connectivity index (χ3n) is 17.0. The number of carbonyl (C=O) groups is 5. The van der Waals surface area contributed by atoms with Gasteiger partial charge in [0, 0.05) is 57.3 Å². The predicted molar refractivity (Wildman–Crippen MR) is 272 cm³/mol. The Labute approximate surface area is 428 Å². The van der Waals surface area contributed by atoms with Crippen LogP contribution in [-0.4, -0.2) is 131 Å². The summed E-state index contributed by atoms with van der Waals surface area (Å²) < 4.78 is 24.2. The molecule has 7 rings (SSSR count). The number of allylic oxidation sites excluding steroid dienone is 1. The lowest BCUT2D eigenvalue weighted by atomic mass is 9.78. The van der Waals surface area contributed by atoms with Crippen LogP contribution >= 0.6 is 0 Å². The molecular formula is C57H86N2O13. The third kappa shape index (κ3) is 13.7. The smallest absolute Gasteiger partial charge is 0.329 e. The summed E-state index contributed by atoms with van der Waals surface area (Å²) in [5.41, 5.74) is 2.25. The van der Waals surface area contributed by atoms with E-state index in [1.807, 2.05) is 62.2 Å². The molecule has 0 spiro atoms. The molecule has 15 heteroatoms. The first kappa shape index (κ1) is 57.4. The zero-order valence-corrected chi connectivity index (χ0v) is 44.7. The van der Waals surface area contributed by atoms with Gasteiger partial charge in [-0.05, 0) is 132 Å². The Hall–Kier alpha value is -3.83. The van der Waals surface area contributed by atoms with E-state index in [1.54, 1.807) is 48.0 Å². The fourth-order valence-electron chi connectivity index (χ4n) is 12.2. The number of carbonyl (C=O) groups excluding carboxylic acids is 5. The Kier molecular flexibility index (Phi) is 20.4. The maximum atomic E-state index is 14.5. The molecule has 6 aliphatic rings. The molecule has 72 heavy (non-hydrogen) atoms. The fraction of sp³-hybridized carbons (Fsp3) is 0.737. The Morgan fingerprint density at radius 1 is 0.819 bits per heavy atom. The normalized spacial score (nSPS) is 39.8. The van der Waals surface area contributed by atoms with E-state index in [4.69, 9.17) is 23.8 Å². The van der Waals surface area contributed by atoms with Gasteiger partial charge in [-0.25, -0.2) is 4.79 Å². The quantitative estimate of drug-likeness (QED) is 0.143. The first-order valence-corrected chi connectivity index (χ1v) is 27.0. The molecule has 1 aromatic rings. The first-order chi connectivity index (χ1) is 34.2. The molecule has 17 atom stereocenters. The summed E-state index contributed by atoms with van der Waals surface area (Å²) in [6, 6.07) is 8.68. The molecule has 1 saturated carbocycles. The van der Waals surface area contributed by atoms with Crippen LogP contribution in [0.2, 0.25) is 0 Å². The van der Waals surface area contributed by atoms with Gasteiger partial charge in [-0.2, -0.15) is 0 Å². The summed E-state index contributed by atoms with van der Waals surface area (Å²) in [5, 5.41) is 36.3. The molecule has 402 valence electrons. The van der Waals surface area contributed by atoms with E-state index in [1.165, 1.54) is 4.90 Å². The molecule has 5 aliphatic heterocycles. The number of fused-ring (bicyclic) bond motifs is 17. The molecule has 1 amide bonds. The van der Waals surface area contributed by atoms with Gasteiger partial charge in [0.25, 0.3) is 11.7 Å². The number of ketones is 3. The number of methoxy groups -OCH3 is 2. The number of hydrogen-bond donors (Lipinski definition) is 3. The highest BCUT2D eigenvalue weighted by Crippen LogP contribution is 2.39. The maximum absolute atomic E-state index is 14.5. The second-order valence-electron chi connectivity index (χ2n) is 22.4. The van der Waals surface area contributed by atoms with E-state index in [2.05, 4.69) is 6.92 Å². The van der Waals surface area contributed by atoms with Gasteiger partial charge < -0.3 is 39.2 Å². The summed E-state index contributed by atoms with van der Waals surface area (Å²) >= 11 is 0. The molecule has 4 bridgehead atoms. The molecule has 15 nitrogen and oxygen atoms in total. The Bertz CT molecular complexity index is 2080. The highest BCUT2D eigenvalue weighted by Gasteiger charge is 2.53. The third-order valence-corrected chi connectivity index (χ3v) is 17.0. The van der Waals surface area contributed by atoms with Crippen LogP contribution in [0.5, 0.6) is 0 Å². The summed E-state index contributed by atoms with van der Waals surface area (Å²) in [6.45, 7) is 14.9. The number of para-hydroxylation sites is 1. The number of esters is 1. The van der Waals surface area contributed by atoms with E-state index in [9.17, 15) is 39.3 Å². The minimum Gasteiger partial charge on any atom is -0.460 e. The lowest BCUT2D eigenvalue weighted by Crippen LogP contribution is -2.61. The molecule has 3 N–H and O–H groups in total. The number of aliphatic hydroxyl groups excluding tert-OH is 2. The van der Waals surface area contributed by atoms with Crippen LogP contribution in [0.15, 0.2) is 53.6 Å².